The molecule has 0 spiro atoms. The van der Waals surface area contributed by atoms with Gasteiger partial charge in [-0.25, -0.2) is 0 Å². The average molecular weight is 278 g/mol. The lowest BCUT2D eigenvalue weighted by molar-refractivity contribution is -0.150. The first-order valence-electron chi connectivity index (χ1n) is 6.22. The normalized spacial score (nSPS) is 10.0. The molecule has 0 aliphatic heterocycles. The third-order valence-corrected chi connectivity index (χ3v) is 2.45. The molecule has 2 N–H and O–H groups in total. The Morgan fingerprint density at radius 1 is 1.25 bits per heavy atom. The second-order valence-electron chi connectivity index (χ2n) is 4.47. The topological polar surface area (TPSA) is 84.5 Å². The summed E-state index contributed by atoms with van der Waals surface area (Å²) in [5.41, 5.74) is 0.904. The van der Waals surface area contributed by atoms with Gasteiger partial charge in [-0.3, -0.25) is 14.4 Å². The van der Waals surface area contributed by atoms with Crippen molar-refractivity contribution >= 4 is 23.5 Å². The van der Waals surface area contributed by atoms with Gasteiger partial charge >= 0.3 is 5.97 Å². The molecular weight excluding hydrogens is 260 g/mol. The maximum atomic E-state index is 11.6. The summed E-state index contributed by atoms with van der Waals surface area (Å²) in [6.45, 7) is 3.03. The van der Waals surface area contributed by atoms with E-state index in [1.54, 1.807) is 38.1 Å². The van der Waals surface area contributed by atoms with Gasteiger partial charge in [0.2, 0.25) is 0 Å². The molecule has 0 bridgehead atoms. The lowest BCUT2D eigenvalue weighted by Gasteiger charge is -2.09. The first-order valence-corrected chi connectivity index (χ1v) is 6.22. The minimum Gasteiger partial charge on any atom is -0.455 e. The third kappa shape index (κ3) is 4.72. The summed E-state index contributed by atoms with van der Waals surface area (Å²) in [5, 5.41) is 5.05. The minimum atomic E-state index is -0.451. The van der Waals surface area contributed by atoms with Crippen LogP contribution >= 0.6 is 0 Å². The Bertz CT molecular complexity index is 512. The fourth-order valence-electron chi connectivity index (χ4n) is 1.38. The molecule has 0 saturated carbocycles. The monoisotopic (exact) mass is 278 g/mol. The highest BCUT2D eigenvalue weighted by molar-refractivity contribution is 5.97. The number of hydrogen-bond donors (Lipinski definition) is 2. The first-order chi connectivity index (χ1) is 9.43. The van der Waals surface area contributed by atoms with Crippen molar-refractivity contribution < 1.29 is 19.1 Å². The standard InChI is InChI=1S/C14H18N2O4/c1-9(2)14(19)20-8-12(17)16-11-6-4-5-10(7-11)13(18)15-3/h4-7,9H,8H2,1-3H3,(H,15,18)(H,16,17). The average Bonchev–Trinajstić information content (AvgIpc) is 2.43. The van der Waals surface area contributed by atoms with E-state index in [4.69, 9.17) is 4.74 Å². The van der Waals surface area contributed by atoms with Crippen LogP contribution in [0.2, 0.25) is 0 Å². The van der Waals surface area contributed by atoms with E-state index < -0.39 is 11.9 Å². The SMILES string of the molecule is CNC(=O)c1cccc(NC(=O)COC(=O)C(C)C)c1. The van der Waals surface area contributed by atoms with Gasteiger partial charge in [0.1, 0.15) is 0 Å². The van der Waals surface area contributed by atoms with E-state index in [-0.39, 0.29) is 18.4 Å². The molecule has 1 aromatic carbocycles. The largest absolute Gasteiger partial charge is 0.455 e. The lowest BCUT2D eigenvalue weighted by Crippen LogP contribution is -2.23. The molecule has 6 heteroatoms. The number of amides is 2. The Balaban J connectivity index is 2.58. The maximum absolute atomic E-state index is 11.6. The van der Waals surface area contributed by atoms with E-state index in [0.29, 0.717) is 11.3 Å². The van der Waals surface area contributed by atoms with Crippen LogP contribution in [0.1, 0.15) is 24.2 Å². The van der Waals surface area contributed by atoms with Crippen LogP contribution < -0.4 is 10.6 Å². The molecule has 0 fully saturated rings. The van der Waals surface area contributed by atoms with Crippen molar-refractivity contribution in [1.82, 2.24) is 5.32 Å². The Labute approximate surface area is 117 Å². The Morgan fingerprint density at radius 3 is 2.55 bits per heavy atom. The first kappa shape index (κ1) is 15.7. The number of esters is 1. The Morgan fingerprint density at radius 2 is 1.95 bits per heavy atom. The number of nitrogens with one attached hydrogen (secondary N) is 2. The number of rotatable bonds is 5. The fraction of sp³-hybridized carbons (Fsp3) is 0.357. The van der Waals surface area contributed by atoms with Crippen LogP contribution in [0.5, 0.6) is 0 Å². The molecule has 0 atom stereocenters. The van der Waals surface area contributed by atoms with Crippen molar-refractivity contribution in [1.29, 1.82) is 0 Å². The summed E-state index contributed by atoms with van der Waals surface area (Å²) in [7, 11) is 1.53. The van der Waals surface area contributed by atoms with Crippen molar-refractivity contribution in [2.45, 2.75) is 13.8 Å². The highest BCUT2D eigenvalue weighted by Gasteiger charge is 2.11. The molecule has 0 aliphatic rings. The summed E-state index contributed by atoms with van der Waals surface area (Å²) in [5.74, 6) is -1.40. The van der Waals surface area contributed by atoms with Crippen LogP contribution in [0.3, 0.4) is 0 Å². The molecule has 0 radical (unpaired) electrons. The second-order valence-corrected chi connectivity index (χ2v) is 4.47. The third-order valence-electron chi connectivity index (χ3n) is 2.45. The summed E-state index contributed by atoms with van der Waals surface area (Å²) in [6.07, 6.45) is 0. The van der Waals surface area contributed by atoms with Gasteiger partial charge in [-0.2, -0.15) is 0 Å². The maximum Gasteiger partial charge on any atom is 0.308 e. The fourth-order valence-corrected chi connectivity index (χ4v) is 1.38. The van der Waals surface area contributed by atoms with Gasteiger partial charge in [-0.1, -0.05) is 19.9 Å². The highest BCUT2D eigenvalue weighted by Crippen LogP contribution is 2.10. The van der Waals surface area contributed by atoms with Crippen molar-refractivity contribution in [3.8, 4) is 0 Å². The van der Waals surface area contributed by atoms with Crippen molar-refractivity contribution in [3.63, 3.8) is 0 Å². The zero-order valence-electron chi connectivity index (χ0n) is 11.7. The molecule has 6 nitrogen and oxygen atoms in total. The van der Waals surface area contributed by atoms with Crippen LogP contribution in [-0.4, -0.2) is 31.4 Å². The molecule has 2 amide bonds. The van der Waals surface area contributed by atoms with Gasteiger partial charge in [0.15, 0.2) is 6.61 Å². The quantitative estimate of drug-likeness (QED) is 0.792. The van der Waals surface area contributed by atoms with E-state index in [9.17, 15) is 14.4 Å². The van der Waals surface area contributed by atoms with Gasteiger partial charge in [-0.15, -0.1) is 0 Å². The Hall–Kier alpha value is -2.37. The minimum absolute atomic E-state index is 0.243. The number of carbonyl (C=O) groups excluding carboxylic acids is 3. The molecule has 1 aromatic rings. The van der Waals surface area contributed by atoms with Gasteiger partial charge in [0, 0.05) is 18.3 Å². The smallest absolute Gasteiger partial charge is 0.308 e. The van der Waals surface area contributed by atoms with Crippen LogP contribution in [0.25, 0.3) is 0 Å². The van der Waals surface area contributed by atoms with Gasteiger partial charge in [0.25, 0.3) is 11.8 Å². The van der Waals surface area contributed by atoms with Crippen LogP contribution in [0.4, 0.5) is 5.69 Å². The second kappa shape index (κ2) is 7.28. The number of carbonyl (C=O) groups is 3. The molecule has 0 aliphatic carbocycles. The van der Waals surface area contributed by atoms with Crippen LogP contribution in [0.15, 0.2) is 24.3 Å². The van der Waals surface area contributed by atoms with Crippen LogP contribution in [0, 0.1) is 5.92 Å². The predicted molar refractivity (Wildman–Crippen MR) is 74.3 cm³/mol. The molecule has 20 heavy (non-hydrogen) atoms. The van der Waals surface area contributed by atoms with E-state index in [2.05, 4.69) is 10.6 Å². The molecule has 0 heterocycles. The van der Waals surface area contributed by atoms with Crippen molar-refractivity contribution in [2.75, 3.05) is 19.0 Å². The highest BCUT2D eigenvalue weighted by atomic mass is 16.5. The zero-order chi connectivity index (χ0) is 15.1. The number of hydrogen-bond acceptors (Lipinski definition) is 4. The number of benzene rings is 1. The zero-order valence-corrected chi connectivity index (χ0v) is 11.7. The van der Waals surface area contributed by atoms with E-state index in [0.717, 1.165) is 0 Å². The summed E-state index contributed by atoms with van der Waals surface area (Å²) >= 11 is 0. The molecule has 0 unspecified atom stereocenters. The molecule has 0 aromatic heterocycles. The molecule has 108 valence electrons. The van der Waals surface area contributed by atoms with Gasteiger partial charge in [-0.05, 0) is 18.2 Å². The summed E-state index contributed by atoms with van der Waals surface area (Å²) < 4.78 is 4.81. The van der Waals surface area contributed by atoms with Crippen LogP contribution in [-0.2, 0) is 14.3 Å². The predicted octanol–water partition coefficient (Wildman–Crippen LogP) is 1.18. The van der Waals surface area contributed by atoms with E-state index >= 15 is 0 Å². The summed E-state index contributed by atoms with van der Waals surface area (Å²) in [4.78, 5) is 34.3. The van der Waals surface area contributed by atoms with E-state index in [1.807, 2.05) is 0 Å². The summed E-state index contributed by atoms with van der Waals surface area (Å²) in [6, 6.07) is 6.48. The van der Waals surface area contributed by atoms with Gasteiger partial charge < -0.3 is 15.4 Å². The molecule has 0 saturated heterocycles. The number of ether oxygens (including phenoxy) is 1. The lowest BCUT2D eigenvalue weighted by atomic mass is 10.2. The van der Waals surface area contributed by atoms with Crippen molar-refractivity contribution in [2.24, 2.45) is 5.92 Å². The molecular formula is C14H18N2O4. The number of anilines is 1. The van der Waals surface area contributed by atoms with Gasteiger partial charge in [0.05, 0.1) is 5.92 Å². The van der Waals surface area contributed by atoms with Crippen molar-refractivity contribution in [3.05, 3.63) is 29.8 Å². The Kier molecular flexibility index (Phi) is 5.71. The molecule has 1 rings (SSSR count). The van der Waals surface area contributed by atoms with E-state index in [1.165, 1.54) is 7.05 Å².